The van der Waals surface area contributed by atoms with E-state index in [2.05, 4.69) is 28.9 Å². The van der Waals surface area contributed by atoms with E-state index in [1.165, 1.54) is 25.9 Å². The largest absolute Gasteiger partial charge is 0.359 e. The zero-order valence-electron chi connectivity index (χ0n) is 12.1. The number of ketones is 1. The second kappa shape index (κ2) is 6.15. The molecule has 2 rings (SSSR count). The molecule has 19 heavy (non-hydrogen) atoms. The average Bonchev–Trinajstić information content (AvgIpc) is 2.41. The Labute approximate surface area is 115 Å². The van der Waals surface area contributed by atoms with E-state index in [4.69, 9.17) is 0 Å². The van der Waals surface area contributed by atoms with Gasteiger partial charge in [0.25, 0.3) is 0 Å². The Kier molecular flexibility index (Phi) is 4.53. The topological polar surface area (TPSA) is 36.4 Å². The lowest BCUT2D eigenvalue weighted by Crippen LogP contribution is -2.36. The maximum absolute atomic E-state index is 11.4. The highest BCUT2D eigenvalue weighted by Gasteiger charge is 2.18. The van der Waals surface area contributed by atoms with Crippen molar-refractivity contribution in [2.45, 2.75) is 19.8 Å². The fraction of sp³-hybridized carbons (Fsp3) is 0.600. The molecule has 1 aromatic heterocycles. The number of likely N-dealkylation sites (tertiary alicyclic amines) is 1. The highest BCUT2D eigenvalue weighted by molar-refractivity contribution is 5.94. The van der Waals surface area contributed by atoms with Crippen molar-refractivity contribution in [2.24, 2.45) is 5.92 Å². The summed E-state index contributed by atoms with van der Waals surface area (Å²) in [6.45, 7) is 4.97. The first kappa shape index (κ1) is 14.0. The van der Waals surface area contributed by atoms with Gasteiger partial charge in [-0.05, 0) is 58.0 Å². The molecule has 1 aliphatic heterocycles. The van der Waals surface area contributed by atoms with Crippen LogP contribution in [-0.4, -0.2) is 49.4 Å². The third-order valence-corrected chi connectivity index (χ3v) is 3.91. The van der Waals surface area contributed by atoms with Crippen molar-refractivity contribution in [2.75, 3.05) is 38.6 Å². The molecule has 0 aromatic carbocycles. The first-order valence-electron chi connectivity index (χ1n) is 6.93. The van der Waals surface area contributed by atoms with E-state index in [9.17, 15) is 4.79 Å². The molecule has 0 unspecified atom stereocenters. The van der Waals surface area contributed by atoms with E-state index in [-0.39, 0.29) is 5.78 Å². The number of carbonyl (C=O) groups is 1. The summed E-state index contributed by atoms with van der Waals surface area (Å²) in [5.41, 5.74) is 0.736. The number of hydrogen-bond donors (Lipinski definition) is 0. The van der Waals surface area contributed by atoms with E-state index in [0.717, 1.165) is 23.8 Å². The Morgan fingerprint density at radius 2 is 2.16 bits per heavy atom. The summed E-state index contributed by atoms with van der Waals surface area (Å²) < 4.78 is 0. The highest BCUT2D eigenvalue weighted by atomic mass is 16.1. The highest BCUT2D eigenvalue weighted by Crippen LogP contribution is 2.20. The van der Waals surface area contributed by atoms with Gasteiger partial charge in [-0.1, -0.05) is 0 Å². The molecule has 1 aromatic rings. The van der Waals surface area contributed by atoms with Gasteiger partial charge in [0.05, 0.1) is 0 Å². The number of aromatic nitrogens is 1. The van der Waals surface area contributed by atoms with Crippen molar-refractivity contribution in [1.29, 1.82) is 0 Å². The minimum atomic E-state index is 0.0938. The monoisotopic (exact) mass is 261 g/mol. The van der Waals surface area contributed by atoms with Crippen LogP contribution in [0.5, 0.6) is 0 Å². The molecule has 0 spiro atoms. The van der Waals surface area contributed by atoms with E-state index >= 15 is 0 Å². The lowest BCUT2D eigenvalue weighted by molar-refractivity contribution is 0.101. The normalized spacial score (nSPS) is 17.4. The van der Waals surface area contributed by atoms with Crippen molar-refractivity contribution in [3.8, 4) is 0 Å². The summed E-state index contributed by atoms with van der Waals surface area (Å²) in [5, 5.41) is 0. The first-order chi connectivity index (χ1) is 9.06. The SMILES string of the molecule is CC(=O)c1ccnc(N(C)CC2CCN(C)CC2)c1. The van der Waals surface area contributed by atoms with Crippen LogP contribution in [0.15, 0.2) is 18.3 Å². The van der Waals surface area contributed by atoms with Gasteiger partial charge in [-0.25, -0.2) is 4.98 Å². The summed E-state index contributed by atoms with van der Waals surface area (Å²) in [4.78, 5) is 20.3. The summed E-state index contributed by atoms with van der Waals surface area (Å²) in [6, 6.07) is 3.66. The molecule has 1 aliphatic rings. The molecular formula is C15H23N3O. The second-order valence-electron chi connectivity index (χ2n) is 5.59. The lowest BCUT2D eigenvalue weighted by Gasteiger charge is -2.32. The maximum Gasteiger partial charge on any atom is 0.159 e. The van der Waals surface area contributed by atoms with Crippen molar-refractivity contribution in [3.63, 3.8) is 0 Å². The molecule has 4 heteroatoms. The van der Waals surface area contributed by atoms with Crippen molar-refractivity contribution in [3.05, 3.63) is 23.9 Å². The molecule has 0 aliphatic carbocycles. The average molecular weight is 261 g/mol. The summed E-state index contributed by atoms with van der Waals surface area (Å²) in [5.74, 6) is 1.71. The number of Topliss-reactive ketones (excluding diaryl/α,β-unsaturated/α-hetero) is 1. The van der Waals surface area contributed by atoms with Gasteiger partial charge in [-0.15, -0.1) is 0 Å². The number of hydrogen-bond acceptors (Lipinski definition) is 4. The Bertz CT molecular complexity index is 439. The number of anilines is 1. The molecule has 0 saturated carbocycles. The molecule has 1 fully saturated rings. The van der Waals surface area contributed by atoms with Crippen molar-refractivity contribution >= 4 is 11.6 Å². The van der Waals surface area contributed by atoms with Crippen LogP contribution < -0.4 is 4.90 Å². The van der Waals surface area contributed by atoms with Crippen LogP contribution in [0.25, 0.3) is 0 Å². The Morgan fingerprint density at radius 3 is 2.79 bits per heavy atom. The first-order valence-corrected chi connectivity index (χ1v) is 6.93. The lowest BCUT2D eigenvalue weighted by atomic mass is 9.96. The fourth-order valence-corrected chi connectivity index (χ4v) is 2.57. The number of rotatable bonds is 4. The van der Waals surface area contributed by atoms with E-state index in [1.54, 1.807) is 19.2 Å². The third-order valence-electron chi connectivity index (χ3n) is 3.91. The summed E-state index contributed by atoms with van der Waals surface area (Å²) >= 11 is 0. The van der Waals surface area contributed by atoms with Gasteiger partial charge < -0.3 is 9.80 Å². The fourth-order valence-electron chi connectivity index (χ4n) is 2.57. The maximum atomic E-state index is 11.4. The smallest absolute Gasteiger partial charge is 0.159 e. The van der Waals surface area contributed by atoms with Crippen LogP contribution >= 0.6 is 0 Å². The molecular weight excluding hydrogens is 238 g/mol. The minimum absolute atomic E-state index is 0.0938. The molecule has 1 saturated heterocycles. The zero-order chi connectivity index (χ0) is 13.8. The van der Waals surface area contributed by atoms with Crippen LogP contribution in [0.1, 0.15) is 30.1 Å². The molecule has 0 radical (unpaired) electrons. The van der Waals surface area contributed by atoms with Gasteiger partial charge in [0, 0.05) is 25.4 Å². The Morgan fingerprint density at radius 1 is 1.47 bits per heavy atom. The summed E-state index contributed by atoms with van der Waals surface area (Å²) in [7, 11) is 4.24. The van der Waals surface area contributed by atoms with Gasteiger partial charge >= 0.3 is 0 Å². The van der Waals surface area contributed by atoms with Gasteiger partial charge in [0.15, 0.2) is 5.78 Å². The molecule has 0 atom stereocenters. The van der Waals surface area contributed by atoms with Crippen molar-refractivity contribution in [1.82, 2.24) is 9.88 Å². The van der Waals surface area contributed by atoms with Crippen LogP contribution in [0, 0.1) is 5.92 Å². The molecule has 0 N–H and O–H groups in total. The predicted octanol–water partition coefficient (Wildman–Crippen LogP) is 2.06. The zero-order valence-corrected chi connectivity index (χ0v) is 12.1. The van der Waals surface area contributed by atoms with Gasteiger partial charge in [-0.3, -0.25) is 4.79 Å². The van der Waals surface area contributed by atoms with E-state index in [1.807, 2.05) is 6.07 Å². The molecule has 2 heterocycles. The second-order valence-corrected chi connectivity index (χ2v) is 5.59. The molecule has 4 nitrogen and oxygen atoms in total. The number of piperidine rings is 1. The van der Waals surface area contributed by atoms with Crippen LogP contribution in [0.3, 0.4) is 0 Å². The van der Waals surface area contributed by atoms with Gasteiger partial charge in [-0.2, -0.15) is 0 Å². The number of nitrogens with zero attached hydrogens (tertiary/aromatic N) is 3. The molecule has 0 bridgehead atoms. The van der Waals surface area contributed by atoms with Crippen LogP contribution in [0.2, 0.25) is 0 Å². The van der Waals surface area contributed by atoms with Crippen molar-refractivity contribution < 1.29 is 4.79 Å². The van der Waals surface area contributed by atoms with Gasteiger partial charge in [0.1, 0.15) is 5.82 Å². The van der Waals surface area contributed by atoms with E-state index < -0.39 is 0 Å². The van der Waals surface area contributed by atoms with E-state index in [0.29, 0.717) is 0 Å². The predicted molar refractivity (Wildman–Crippen MR) is 77.7 cm³/mol. The number of pyridine rings is 1. The number of carbonyl (C=O) groups excluding carboxylic acids is 1. The minimum Gasteiger partial charge on any atom is -0.359 e. The Balaban J connectivity index is 1.97. The molecule has 0 amide bonds. The summed E-state index contributed by atoms with van der Waals surface area (Å²) in [6.07, 6.45) is 4.21. The van der Waals surface area contributed by atoms with Crippen LogP contribution in [-0.2, 0) is 0 Å². The molecule has 104 valence electrons. The standard InChI is InChI=1S/C15H23N3O/c1-12(19)14-4-7-16-15(10-14)18(3)11-13-5-8-17(2)9-6-13/h4,7,10,13H,5-6,8-9,11H2,1-3H3. The Hall–Kier alpha value is -1.42. The quantitative estimate of drug-likeness (QED) is 0.777. The van der Waals surface area contributed by atoms with Crippen LogP contribution in [0.4, 0.5) is 5.82 Å². The van der Waals surface area contributed by atoms with Gasteiger partial charge in [0.2, 0.25) is 0 Å². The third kappa shape index (κ3) is 3.77.